The molecule has 20 heavy (non-hydrogen) atoms. The van der Waals surface area contributed by atoms with E-state index in [1.54, 1.807) is 18.3 Å². The quantitative estimate of drug-likeness (QED) is 0.849. The molecule has 0 bridgehead atoms. The van der Waals surface area contributed by atoms with Crippen LogP contribution in [-0.4, -0.2) is 16.1 Å². The third-order valence-electron chi connectivity index (χ3n) is 2.83. The first-order valence-electron chi connectivity index (χ1n) is 6.72. The summed E-state index contributed by atoms with van der Waals surface area (Å²) in [4.78, 5) is 4.35. The Bertz CT molecular complexity index is 521. The van der Waals surface area contributed by atoms with Crippen molar-refractivity contribution in [1.82, 2.24) is 10.3 Å². The summed E-state index contributed by atoms with van der Waals surface area (Å²) in [5, 5.41) is 12.5. The zero-order valence-corrected chi connectivity index (χ0v) is 11.8. The Hall–Kier alpha value is -2.07. The van der Waals surface area contributed by atoms with Crippen molar-refractivity contribution < 1.29 is 9.84 Å². The van der Waals surface area contributed by atoms with Crippen LogP contribution in [-0.2, 0) is 13.2 Å². The monoisotopic (exact) mass is 272 g/mol. The second-order valence-electron chi connectivity index (χ2n) is 4.98. The van der Waals surface area contributed by atoms with Crippen LogP contribution < -0.4 is 10.1 Å². The predicted octanol–water partition coefficient (Wildman–Crippen LogP) is 2.86. The molecular formula is C16H20N2O2. The molecule has 4 nitrogen and oxygen atoms in total. The average Bonchev–Trinajstić information content (AvgIpc) is 2.45. The maximum Gasteiger partial charge on any atom is 0.138 e. The van der Waals surface area contributed by atoms with Crippen molar-refractivity contribution >= 4 is 0 Å². The topological polar surface area (TPSA) is 54.4 Å². The van der Waals surface area contributed by atoms with Crippen LogP contribution >= 0.6 is 0 Å². The lowest BCUT2D eigenvalue weighted by Crippen LogP contribution is -2.22. The van der Waals surface area contributed by atoms with Gasteiger partial charge >= 0.3 is 0 Å². The number of rotatable bonds is 6. The van der Waals surface area contributed by atoms with E-state index in [4.69, 9.17) is 4.74 Å². The summed E-state index contributed by atoms with van der Waals surface area (Å²) < 4.78 is 5.65. The van der Waals surface area contributed by atoms with Gasteiger partial charge in [-0.1, -0.05) is 26.0 Å². The fourth-order valence-corrected chi connectivity index (χ4v) is 1.67. The van der Waals surface area contributed by atoms with Gasteiger partial charge in [0.15, 0.2) is 0 Å². The fourth-order valence-electron chi connectivity index (χ4n) is 1.67. The first-order valence-corrected chi connectivity index (χ1v) is 6.72. The minimum absolute atomic E-state index is 0.262. The van der Waals surface area contributed by atoms with E-state index in [0.717, 1.165) is 23.6 Å². The van der Waals surface area contributed by atoms with Gasteiger partial charge in [-0.2, -0.15) is 0 Å². The molecule has 0 aliphatic carbocycles. The molecule has 0 atom stereocenters. The standard InChI is InChI=1S/C16H20N2O2/c1-12(2)17-9-14-5-8-16(10-18-14)20-11-13-3-6-15(19)7-4-13/h3-8,10,12,17,19H,9,11H2,1-2H3. The van der Waals surface area contributed by atoms with Crippen LogP contribution in [0.4, 0.5) is 0 Å². The molecule has 0 spiro atoms. The molecule has 106 valence electrons. The summed E-state index contributed by atoms with van der Waals surface area (Å²) in [6.45, 7) is 5.44. The van der Waals surface area contributed by atoms with Crippen molar-refractivity contribution in [3.63, 3.8) is 0 Å². The molecule has 0 radical (unpaired) electrons. The van der Waals surface area contributed by atoms with Gasteiger partial charge in [0.2, 0.25) is 0 Å². The molecule has 0 aliphatic rings. The average molecular weight is 272 g/mol. The van der Waals surface area contributed by atoms with Gasteiger partial charge in [0.25, 0.3) is 0 Å². The second-order valence-corrected chi connectivity index (χ2v) is 4.98. The van der Waals surface area contributed by atoms with Crippen molar-refractivity contribution in [2.45, 2.75) is 33.0 Å². The Labute approximate surface area is 119 Å². The summed E-state index contributed by atoms with van der Waals surface area (Å²) >= 11 is 0. The summed E-state index contributed by atoms with van der Waals surface area (Å²) in [7, 11) is 0. The third kappa shape index (κ3) is 4.55. The van der Waals surface area contributed by atoms with Gasteiger partial charge in [-0.05, 0) is 29.8 Å². The molecule has 0 unspecified atom stereocenters. The number of hydrogen-bond donors (Lipinski definition) is 2. The molecule has 0 fully saturated rings. The lowest BCUT2D eigenvalue weighted by molar-refractivity contribution is 0.304. The first kappa shape index (κ1) is 14.3. The molecule has 1 heterocycles. The summed E-state index contributed by atoms with van der Waals surface area (Å²) in [6.07, 6.45) is 1.73. The SMILES string of the molecule is CC(C)NCc1ccc(OCc2ccc(O)cc2)cn1. The zero-order chi connectivity index (χ0) is 14.4. The van der Waals surface area contributed by atoms with Crippen LogP contribution in [0.1, 0.15) is 25.1 Å². The zero-order valence-electron chi connectivity index (χ0n) is 11.8. The summed E-state index contributed by atoms with van der Waals surface area (Å²) in [6, 6.07) is 11.3. The Morgan fingerprint density at radius 2 is 1.90 bits per heavy atom. The summed E-state index contributed by atoms with van der Waals surface area (Å²) in [5.74, 6) is 1.00. The normalized spacial score (nSPS) is 10.8. The van der Waals surface area contributed by atoms with Crippen LogP contribution in [0.2, 0.25) is 0 Å². The largest absolute Gasteiger partial charge is 0.508 e. The van der Waals surface area contributed by atoms with E-state index in [0.29, 0.717) is 12.6 Å². The van der Waals surface area contributed by atoms with E-state index in [1.807, 2.05) is 24.3 Å². The number of nitrogens with one attached hydrogen (secondary N) is 1. The van der Waals surface area contributed by atoms with Crippen LogP contribution in [0.3, 0.4) is 0 Å². The highest BCUT2D eigenvalue weighted by molar-refractivity contribution is 5.26. The molecule has 0 aliphatic heterocycles. The lowest BCUT2D eigenvalue weighted by Gasteiger charge is -2.09. The molecule has 0 saturated heterocycles. The van der Waals surface area contributed by atoms with Crippen LogP contribution in [0.15, 0.2) is 42.6 Å². The Morgan fingerprint density at radius 1 is 1.15 bits per heavy atom. The van der Waals surface area contributed by atoms with E-state index >= 15 is 0 Å². The Balaban J connectivity index is 1.85. The number of phenols is 1. The van der Waals surface area contributed by atoms with Crippen molar-refractivity contribution in [2.24, 2.45) is 0 Å². The Kier molecular flexibility index (Phi) is 4.96. The van der Waals surface area contributed by atoms with E-state index in [1.165, 1.54) is 0 Å². The molecule has 4 heteroatoms. The van der Waals surface area contributed by atoms with Gasteiger partial charge in [-0.3, -0.25) is 4.98 Å². The Morgan fingerprint density at radius 3 is 2.50 bits per heavy atom. The molecular weight excluding hydrogens is 252 g/mol. The van der Waals surface area contributed by atoms with Crippen LogP contribution in [0, 0.1) is 0 Å². The van der Waals surface area contributed by atoms with E-state index in [9.17, 15) is 5.11 Å². The van der Waals surface area contributed by atoms with Gasteiger partial charge in [0.05, 0.1) is 11.9 Å². The molecule has 1 aromatic heterocycles. The van der Waals surface area contributed by atoms with E-state index in [-0.39, 0.29) is 5.75 Å². The van der Waals surface area contributed by atoms with Crippen molar-refractivity contribution in [2.75, 3.05) is 0 Å². The van der Waals surface area contributed by atoms with Gasteiger partial charge in [0.1, 0.15) is 18.1 Å². The molecule has 2 aromatic rings. The maximum atomic E-state index is 9.21. The third-order valence-corrected chi connectivity index (χ3v) is 2.83. The number of ether oxygens (including phenoxy) is 1. The van der Waals surface area contributed by atoms with Gasteiger partial charge in [-0.25, -0.2) is 0 Å². The predicted molar refractivity (Wildman–Crippen MR) is 78.7 cm³/mol. The number of pyridine rings is 1. The summed E-state index contributed by atoms with van der Waals surface area (Å²) in [5.41, 5.74) is 2.00. The minimum atomic E-state index is 0.262. The second kappa shape index (κ2) is 6.91. The van der Waals surface area contributed by atoms with Crippen molar-refractivity contribution in [1.29, 1.82) is 0 Å². The lowest BCUT2D eigenvalue weighted by atomic mass is 10.2. The number of aromatic hydroxyl groups is 1. The van der Waals surface area contributed by atoms with Crippen molar-refractivity contribution in [3.8, 4) is 11.5 Å². The number of nitrogens with zero attached hydrogens (tertiary/aromatic N) is 1. The molecule has 0 amide bonds. The molecule has 0 saturated carbocycles. The van der Waals surface area contributed by atoms with Crippen LogP contribution in [0.25, 0.3) is 0 Å². The number of aromatic nitrogens is 1. The highest BCUT2D eigenvalue weighted by Gasteiger charge is 2.00. The number of hydrogen-bond acceptors (Lipinski definition) is 4. The number of phenolic OH excluding ortho intramolecular Hbond substituents is 1. The molecule has 2 rings (SSSR count). The maximum absolute atomic E-state index is 9.21. The van der Waals surface area contributed by atoms with Gasteiger partial charge in [0, 0.05) is 12.6 Å². The van der Waals surface area contributed by atoms with Gasteiger partial charge in [-0.15, -0.1) is 0 Å². The minimum Gasteiger partial charge on any atom is -0.508 e. The molecule has 2 N–H and O–H groups in total. The van der Waals surface area contributed by atoms with E-state index in [2.05, 4.69) is 24.1 Å². The van der Waals surface area contributed by atoms with Gasteiger partial charge < -0.3 is 15.2 Å². The number of benzene rings is 1. The molecule has 1 aromatic carbocycles. The highest BCUT2D eigenvalue weighted by atomic mass is 16.5. The van der Waals surface area contributed by atoms with Crippen molar-refractivity contribution in [3.05, 3.63) is 53.9 Å². The van der Waals surface area contributed by atoms with Crippen LogP contribution in [0.5, 0.6) is 11.5 Å². The van der Waals surface area contributed by atoms with E-state index < -0.39 is 0 Å². The highest BCUT2D eigenvalue weighted by Crippen LogP contribution is 2.14. The first-order chi connectivity index (χ1) is 9.63. The smallest absolute Gasteiger partial charge is 0.138 e. The fraction of sp³-hybridized carbons (Fsp3) is 0.312.